The van der Waals surface area contributed by atoms with Crippen molar-refractivity contribution in [1.82, 2.24) is 15.1 Å². The maximum Gasteiger partial charge on any atom is 0.129 e. The van der Waals surface area contributed by atoms with E-state index in [2.05, 4.69) is 42.5 Å². The van der Waals surface area contributed by atoms with Crippen LogP contribution in [0.15, 0.2) is 30.6 Å². The average Bonchev–Trinajstić information content (AvgIpc) is 2.91. The number of benzene rings is 1. The Balaban J connectivity index is 1.90. The van der Waals surface area contributed by atoms with Crippen molar-refractivity contribution in [3.63, 3.8) is 0 Å². The molecule has 0 saturated heterocycles. The number of nitrogens with one attached hydrogen (secondary N) is 1. The molecule has 2 heterocycles. The van der Waals surface area contributed by atoms with Crippen molar-refractivity contribution in [2.75, 3.05) is 6.54 Å². The van der Waals surface area contributed by atoms with Gasteiger partial charge in [0.1, 0.15) is 11.9 Å². The molecule has 2 atom stereocenters. The summed E-state index contributed by atoms with van der Waals surface area (Å²) in [5, 5.41) is 7.92. The van der Waals surface area contributed by atoms with Crippen molar-refractivity contribution in [1.29, 1.82) is 0 Å². The van der Waals surface area contributed by atoms with Crippen LogP contribution < -0.4 is 10.1 Å². The number of ether oxygens (including phenoxy) is 1. The van der Waals surface area contributed by atoms with Crippen LogP contribution in [0, 0.1) is 6.92 Å². The van der Waals surface area contributed by atoms with Gasteiger partial charge in [0, 0.05) is 36.8 Å². The van der Waals surface area contributed by atoms with Gasteiger partial charge in [-0.3, -0.25) is 4.68 Å². The van der Waals surface area contributed by atoms with Crippen LogP contribution in [0.4, 0.5) is 0 Å². The van der Waals surface area contributed by atoms with Crippen LogP contribution in [0.25, 0.3) is 0 Å². The Hall–Kier alpha value is -1.81. The Kier molecular flexibility index (Phi) is 3.97. The first-order valence-corrected chi connectivity index (χ1v) is 7.66. The maximum atomic E-state index is 6.20. The molecule has 21 heavy (non-hydrogen) atoms. The minimum Gasteiger partial charge on any atom is -0.485 e. The summed E-state index contributed by atoms with van der Waals surface area (Å²) in [6, 6.07) is 6.79. The van der Waals surface area contributed by atoms with E-state index in [4.69, 9.17) is 4.74 Å². The molecule has 0 spiro atoms. The lowest BCUT2D eigenvalue weighted by Crippen LogP contribution is -2.29. The zero-order valence-electron chi connectivity index (χ0n) is 13.0. The van der Waals surface area contributed by atoms with Gasteiger partial charge in [0.05, 0.1) is 6.20 Å². The Morgan fingerprint density at radius 1 is 1.43 bits per heavy atom. The third-order valence-corrected chi connectivity index (χ3v) is 4.00. The molecular formula is C17H23N3O. The third kappa shape index (κ3) is 2.95. The van der Waals surface area contributed by atoms with Crippen LogP contribution in [0.1, 0.15) is 48.6 Å². The zero-order chi connectivity index (χ0) is 14.8. The van der Waals surface area contributed by atoms with Crippen molar-refractivity contribution in [3.05, 3.63) is 47.3 Å². The number of nitrogens with zero attached hydrogens (tertiary/aromatic N) is 2. The fourth-order valence-electron chi connectivity index (χ4n) is 2.91. The normalized spacial score (nSPS) is 20.9. The summed E-state index contributed by atoms with van der Waals surface area (Å²) in [7, 11) is 1.94. The number of hydrogen-bond donors (Lipinski definition) is 1. The molecule has 0 fully saturated rings. The van der Waals surface area contributed by atoms with Gasteiger partial charge in [0.25, 0.3) is 0 Å². The number of fused-ring (bicyclic) bond motifs is 1. The summed E-state index contributed by atoms with van der Waals surface area (Å²) in [4.78, 5) is 0. The second-order valence-corrected chi connectivity index (χ2v) is 5.84. The van der Waals surface area contributed by atoms with Crippen LogP contribution >= 0.6 is 0 Å². The molecule has 2 aromatic rings. The monoisotopic (exact) mass is 285 g/mol. The van der Waals surface area contributed by atoms with Gasteiger partial charge in [-0.25, -0.2) is 0 Å². The highest BCUT2D eigenvalue weighted by Gasteiger charge is 2.29. The predicted molar refractivity (Wildman–Crippen MR) is 83.4 cm³/mol. The molecule has 1 N–H and O–H groups in total. The molecular weight excluding hydrogens is 262 g/mol. The first-order chi connectivity index (χ1) is 10.2. The molecule has 0 saturated carbocycles. The Bertz CT molecular complexity index is 620. The van der Waals surface area contributed by atoms with Crippen molar-refractivity contribution in [2.45, 2.75) is 38.8 Å². The molecule has 4 nitrogen and oxygen atoms in total. The highest BCUT2D eigenvalue weighted by Crippen LogP contribution is 2.41. The lowest BCUT2D eigenvalue weighted by Gasteiger charge is -2.32. The van der Waals surface area contributed by atoms with Crippen molar-refractivity contribution >= 4 is 0 Å². The highest BCUT2D eigenvalue weighted by atomic mass is 16.5. The van der Waals surface area contributed by atoms with E-state index in [1.54, 1.807) is 0 Å². The minimum absolute atomic E-state index is 0.0725. The van der Waals surface area contributed by atoms with E-state index in [0.29, 0.717) is 6.04 Å². The molecule has 0 radical (unpaired) electrons. The van der Waals surface area contributed by atoms with Crippen molar-refractivity contribution in [2.24, 2.45) is 7.05 Å². The van der Waals surface area contributed by atoms with E-state index in [1.807, 2.05) is 24.1 Å². The van der Waals surface area contributed by atoms with E-state index in [9.17, 15) is 0 Å². The number of aromatic nitrogens is 2. The first-order valence-electron chi connectivity index (χ1n) is 7.66. The smallest absolute Gasteiger partial charge is 0.129 e. The Labute approximate surface area is 126 Å². The molecule has 1 aliphatic rings. The minimum atomic E-state index is 0.0725. The van der Waals surface area contributed by atoms with Gasteiger partial charge >= 0.3 is 0 Å². The fraction of sp³-hybridized carbons (Fsp3) is 0.471. The SMILES string of the molecule is CCCNC1CC(c2cnn(C)c2)Oc2ccc(C)cc21. The summed E-state index contributed by atoms with van der Waals surface area (Å²) < 4.78 is 8.03. The maximum absolute atomic E-state index is 6.20. The topological polar surface area (TPSA) is 39.1 Å². The zero-order valence-corrected chi connectivity index (χ0v) is 13.0. The number of rotatable bonds is 4. The quantitative estimate of drug-likeness (QED) is 0.937. The van der Waals surface area contributed by atoms with E-state index < -0.39 is 0 Å². The Morgan fingerprint density at radius 2 is 2.29 bits per heavy atom. The summed E-state index contributed by atoms with van der Waals surface area (Å²) in [5.74, 6) is 0.995. The average molecular weight is 285 g/mol. The van der Waals surface area contributed by atoms with Crippen LogP contribution in [-0.2, 0) is 7.05 Å². The van der Waals surface area contributed by atoms with Gasteiger partial charge in [-0.05, 0) is 26.0 Å². The van der Waals surface area contributed by atoms with Gasteiger partial charge in [0.2, 0.25) is 0 Å². The largest absolute Gasteiger partial charge is 0.485 e. The molecule has 0 aliphatic carbocycles. The number of aryl methyl sites for hydroxylation is 2. The summed E-state index contributed by atoms with van der Waals surface area (Å²) in [5.41, 5.74) is 3.70. The van der Waals surface area contributed by atoms with Crippen molar-refractivity contribution < 1.29 is 4.74 Å². The fourth-order valence-corrected chi connectivity index (χ4v) is 2.91. The molecule has 1 aromatic carbocycles. The number of hydrogen-bond acceptors (Lipinski definition) is 3. The van der Waals surface area contributed by atoms with Crippen LogP contribution in [0.5, 0.6) is 5.75 Å². The van der Waals surface area contributed by atoms with Crippen molar-refractivity contribution in [3.8, 4) is 5.75 Å². The van der Waals surface area contributed by atoms with Gasteiger partial charge in [-0.2, -0.15) is 5.10 Å². The molecule has 112 valence electrons. The van der Waals surface area contributed by atoms with Gasteiger partial charge in [-0.15, -0.1) is 0 Å². The molecule has 0 amide bonds. The van der Waals surface area contributed by atoms with E-state index in [1.165, 1.54) is 11.1 Å². The van der Waals surface area contributed by atoms with Gasteiger partial charge < -0.3 is 10.1 Å². The molecule has 1 aliphatic heterocycles. The van der Waals surface area contributed by atoms with Crippen LogP contribution in [0.2, 0.25) is 0 Å². The van der Waals surface area contributed by atoms with Gasteiger partial charge in [-0.1, -0.05) is 24.6 Å². The molecule has 0 bridgehead atoms. The molecule has 4 heteroatoms. The Morgan fingerprint density at radius 3 is 3.00 bits per heavy atom. The highest BCUT2D eigenvalue weighted by molar-refractivity contribution is 5.41. The van der Waals surface area contributed by atoms with Crippen LogP contribution in [-0.4, -0.2) is 16.3 Å². The van der Waals surface area contributed by atoms with Crippen LogP contribution in [0.3, 0.4) is 0 Å². The summed E-state index contributed by atoms with van der Waals surface area (Å²) >= 11 is 0. The standard InChI is InChI=1S/C17H23N3O/c1-4-7-18-15-9-17(13-10-19-20(3)11-13)21-16-6-5-12(2)8-14(15)16/h5-6,8,10-11,15,17-18H,4,7,9H2,1-3H3. The van der Waals surface area contributed by atoms with Gasteiger partial charge in [0.15, 0.2) is 0 Å². The van der Waals surface area contributed by atoms with E-state index in [-0.39, 0.29) is 6.10 Å². The molecule has 2 unspecified atom stereocenters. The molecule has 3 rings (SSSR count). The third-order valence-electron chi connectivity index (χ3n) is 4.00. The summed E-state index contributed by atoms with van der Waals surface area (Å²) in [6.07, 6.45) is 6.10. The lowest BCUT2D eigenvalue weighted by atomic mass is 9.93. The second-order valence-electron chi connectivity index (χ2n) is 5.84. The lowest BCUT2D eigenvalue weighted by molar-refractivity contribution is 0.151. The van der Waals surface area contributed by atoms with E-state index >= 15 is 0 Å². The predicted octanol–water partition coefficient (Wildman–Crippen LogP) is 3.29. The summed E-state index contributed by atoms with van der Waals surface area (Å²) in [6.45, 7) is 5.35. The first kappa shape index (κ1) is 14.1. The molecule has 1 aromatic heterocycles. The van der Waals surface area contributed by atoms with E-state index in [0.717, 1.165) is 30.7 Å². The second kappa shape index (κ2) is 5.90.